The fraction of sp³-hybridized carbons (Fsp3) is 0.500. The summed E-state index contributed by atoms with van der Waals surface area (Å²) in [6.45, 7) is 1.92. The first-order valence-corrected chi connectivity index (χ1v) is 5.67. The van der Waals surface area contributed by atoms with E-state index in [1.165, 1.54) is 0 Å². The molecule has 0 saturated heterocycles. The molecule has 1 aliphatic carbocycles. The Labute approximate surface area is 100 Å². The minimum absolute atomic E-state index is 0.456. The van der Waals surface area contributed by atoms with Crippen molar-refractivity contribution in [2.45, 2.75) is 31.4 Å². The Balaban J connectivity index is 2.38. The number of rotatable bonds is 3. The van der Waals surface area contributed by atoms with Gasteiger partial charge in [0.2, 0.25) is 0 Å². The van der Waals surface area contributed by atoms with E-state index >= 15 is 0 Å². The zero-order chi connectivity index (χ0) is 11.9. The quantitative estimate of drug-likeness (QED) is 0.853. The summed E-state index contributed by atoms with van der Waals surface area (Å²) < 4.78 is 5.12. The maximum Gasteiger partial charge on any atom is 0.137 e. The van der Waals surface area contributed by atoms with Crippen LogP contribution in [0.3, 0.4) is 0 Å². The number of benzene rings is 1. The molecule has 4 heteroatoms. The van der Waals surface area contributed by atoms with Gasteiger partial charge < -0.3 is 15.6 Å². The highest BCUT2D eigenvalue weighted by molar-refractivity contribution is 6.32. The molecule has 0 aromatic heterocycles. The Kier molecular flexibility index (Phi) is 2.86. The van der Waals surface area contributed by atoms with E-state index in [2.05, 4.69) is 0 Å². The van der Waals surface area contributed by atoms with Crippen LogP contribution in [-0.2, 0) is 0 Å². The molecule has 1 aromatic carbocycles. The van der Waals surface area contributed by atoms with E-state index in [4.69, 9.17) is 22.1 Å². The van der Waals surface area contributed by atoms with Crippen LogP contribution in [0.25, 0.3) is 0 Å². The first kappa shape index (κ1) is 11.7. The lowest BCUT2D eigenvalue weighted by Crippen LogP contribution is -2.30. The highest BCUT2D eigenvalue weighted by atomic mass is 35.5. The molecule has 0 aliphatic heterocycles. The number of methoxy groups -OCH3 is 1. The molecule has 0 spiro atoms. The maximum atomic E-state index is 10.2. The fourth-order valence-corrected chi connectivity index (χ4v) is 2.10. The predicted molar refractivity (Wildman–Crippen MR) is 63.9 cm³/mol. The molecule has 1 atom stereocenters. The minimum Gasteiger partial charge on any atom is -0.495 e. The SMILES string of the molecule is COc1cc(C)c(C(O)C2(N)CC2)cc1Cl. The topological polar surface area (TPSA) is 55.5 Å². The number of aryl methyl sites for hydroxylation is 1. The van der Waals surface area contributed by atoms with Gasteiger partial charge in [0.15, 0.2) is 0 Å². The van der Waals surface area contributed by atoms with E-state index in [9.17, 15) is 5.11 Å². The molecule has 16 heavy (non-hydrogen) atoms. The standard InChI is InChI=1S/C12H16ClNO2/c1-7-5-10(16-2)9(13)6-8(7)11(15)12(14)3-4-12/h5-6,11,15H,3-4,14H2,1-2H3. The minimum atomic E-state index is -0.643. The van der Waals surface area contributed by atoms with E-state index in [1.807, 2.05) is 13.0 Å². The molecule has 3 nitrogen and oxygen atoms in total. The zero-order valence-corrected chi connectivity index (χ0v) is 10.2. The molecule has 88 valence electrons. The van der Waals surface area contributed by atoms with Crippen molar-refractivity contribution in [1.29, 1.82) is 0 Å². The molecule has 1 saturated carbocycles. The summed E-state index contributed by atoms with van der Waals surface area (Å²) in [6, 6.07) is 3.57. The summed E-state index contributed by atoms with van der Waals surface area (Å²) in [7, 11) is 1.57. The third-order valence-electron chi connectivity index (χ3n) is 3.21. The van der Waals surface area contributed by atoms with Gasteiger partial charge in [-0.15, -0.1) is 0 Å². The third kappa shape index (κ3) is 1.90. The number of nitrogens with two attached hydrogens (primary N) is 1. The van der Waals surface area contributed by atoms with E-state index in [0.29, 0.717) is 10.8 Å². The summed E-state index contributed by atoms with van der Waals surface area (Å²) in [5.74, 6) is 0.622. The van der Waals surface area contributed by atoms with Gasteiger partial charge in [0.25, 0.3) is 0 Å². The van der Waals surface area contributed by atoms with Crippen molar-refractivity contribution >= 4 is 11.6 Å². The lowest BCUT2D eigenvalue weighted by Gasteiger charge is -2.21. The van der Waals surface area contributed by atoms with Crippen molar-refractivity contribution in [3.05, 3.63) is 28.3 Å². The van der Waals surface area contributed by atoms with Crippen LogP contribution < -0.4 is 10.5 Å². The Morgan fingerprint density at radius 3 is 2.62 bits per heavy atom. The molecule has 1 unspecified atom stereocenters. The van der Waals surface area contributed by atoms with Gasteiger partial charge in [-0.25, -0.2) is 0 Å². The van der Waals surface area contributed by atoms with Gasteiger partial charge >= 0.3 is 0 Å². The molecule has 1 aliphatic rings. The van der Waals surface area contributed by atoms with Crippen LogP contribution in [0.2, 0.25) is 5.02 Å². The molecule has 1 aromatic rings. The van der Waals surface area contributed by atoms with Gasteiger partial charge in [-0.3, -0.25) is 0 Å². The molecule has 0 radical (unpaired) electrons. The van der Waals surface area contributed by atoms with E-state index in [-0.39, 0.29) is 0 Å². The van der Waals surface area contributed by atoms with Gasteiger partial charge in [-0.05, 0) is 43.0 Å². The zero-order valence-electron chi connectivity index (χ0n) is 9.46. The van der Waals surface area contributed by atoms with Crippen molar-refractivity contribution in [1.82, 2.24) is 0 Å². The van der Waals surface area contributed by atoms with Crippen molar-refractivity contribution in [3.63, 3.8) is 0 Å². The van der Waals surface area contributed by atoms with Gasteiger partial charge in [0.1, 0.15) is 5.75 Å². The molecule has 0 bridgehead atoms. The normalized spacial score (nSPS) is 19.3. The van der Waals surface area contributed by atoms with E-state index in [1.54, 1.807) is 13.2 Å². The number of aliphatic hydroxyl groups is 1. The van der Waals surface area contributed by atoms with Gasteiger partial charge in [-0.2, -0.15) is 0 Å². The van der Waals surface area contributed by atoms with E-state index in [0.717, 1.165) is 24.0 Å². The third-order valence-corrected chi connectivity index (χ3v) is 3.50. The van der Waals surface area contributed by atoms with Crippen LogP contribution in [0.4, 0.5) is 0 Å². The number of hydrogen-bond donors (Lipinski definition) is 2. The van der Waals surface area contributed by atoms with Crippen molar-refractivity contribution < 1.29 is 9.84 Å². The van der Waals surface area contributed by atoms with Crippen LogP contribution in [0.15, 0.2) is 12.1 Å². The van der Waals surface area contributed by atoms with Crippen LogP contribution >= 0.6 is 11.6 Å². The monoisotopic (exact) mass is 241 g/mol. The highest BCUT2D eigenvalue weighted by Gasteiger charge is 2.46. The number of hydrogen-bond acceptors (Lipinski definition) is 3. The summed E-state index contributed by atoms with van der Waals surface area (Å²) >= 11 is 6.04. The lowest BCUT2D eigenvalue weighted by atomic mass is 9.96. The van der Waals surface area contributed by atoms with Crippen molar-refractivity contribution in [3.8, 4) is 5.75 Å². The Bertz CT molecular complexity index is 416. The first-order chi connectivity index (χ1) is 7.48. The summed E-state index contributed by atoms with van der Waals surface area (Å²) in [5.41, 5.74) is 7.28. The number of aliphatic hydroxyl groups excluding tert-OH is 1. The molecule has 0 amide bonds. The highest BCUT2D eigenvalue weighted by Crippen LogP contribution is 2.45. The molecule has 2 rings (SSSR count). The smallest absolute Gasteiger partial charge is 0.137 e. The van der Waals surface area contributed by atoms with Crippen LogP contribution in [0.1, 0.15) is 30.1 Å². The van der Waals surface area contributed by atoms with Crippen molar-refractivity contribution in [2.75, 3.05) is 7.11 Å². The van der Waals surface area contributed by atoms with Crippen LogP contribution in [-0.4, -0.2) is 17.8 Å². The summed E-state index contributed by atoms with van der Waals surface area (Å²) in [5, 5.41) is 10.7. The summed E-state index contributed by atoms with van der Waals surface area (Å²) in [4.78, 5) is 0. The second-order valence-corrected chi connectivity index (χ2v) is 4.89. The van der Waals surface area contributed by atoms with Crippen LogP contribution in [0.5, 0.6) is 5.75 Å². The molecular formula is C12H16ClNO2. The average molecular weight is 242 g/mol. The number of halogens is 1. The Morgan fingerprint density at radius 2 is 2.12 bits per heavy atom. The average Bonchev–Trinajstić information content (AvgIpc) is 2.99. The largest absolute Gasteiger partial charge is 0.495 e. The number of ether oxygens (including phenoxy) is 1. The first-order valence-electron chi connectivity index (χ1n) is 5.29. The second kappa shape index (κ2) is 3.91. The van der Waals surface area contributed by atoms with Crippen molar-refractivity contribution in [2.24, 2.45) is 5.73 Å². The molecule has 3 N–H and O–H groups in total. The predicted octanol–water partition coefficient (Wildman–Crippen LogP) is 2.18. The van der Waals surface area contributed by atoms with Gasteiger partial charge in [0.05, 0.1) is 18.2 Å². The summed E-state index contributed by atoms with van der Waals surface area (Å²) in [6.07, 6.45) is 1.07. The molecular weight excluding hydrogens is 226 g/mol. The van der Waals surface area contributed by atoms with Gasteiger partial charge in [-0.1, -0.05) is 11.6 Å². The second-order valence-electron chi connectivity index (χ2n) is 4.48. The van der Waals surface area contributed by atoms with Crippen LogP contribution in [0, 0.1) is 6.92 Å². The molecule has 0 heterocycles. The fourth-order valence-electron chi connectivity index (χ4n) is 1.85. The maximum absolute atomic E-state index is 10.2. The lowest BCUT2D eigenvalue weighted by molar-refractivity contribution is 0.135. The Hall–Kier alpha value is -0.770. The van der Waals surface area contributed by atoms with Gasteiger partial charge in [0, 0.05) is 5.54 Å². The van der Waals surface area contributed by atoms with E-state index < -0.39 is 11.6 Å². The molecule has 1 fully saturated rings. The Morgan fingerprint density at radius 1 is 1.50 bits per heavy atom.